The Morgan fingerprint density at radius 3 is 2.56 bits per heavy atom. The van der Waals surface area contributed by atoms with Crippen molar-refractivity contribution in [2.75, 3.05) is 19.8 Å². The molecular weight excluding hydrogens is 226 g/mol. The topological polar surface area (TPSA) is 32.7 Å². The van der Waals surface area contributed by atoms with Crippen LogP contribution in [0.4, 0.5) is 0 Å². The molecule has 0 amide bonds. The highest BCUT2D eigenvalue weighted by Gasteiger charge is 2.36. The minimum Gasteiger partial charge on any atom is -0.387 e. The third-order valence-corrected chi connectivity index (χ3v) is 3.80. The van der Waals surface area contributed by atoms with Gasteiger partial charge >= 0.3 is 0 Å². The van der Waals surface area contributed by atoms with Crippen molar-refractivity contribution in [1.82, 2.24) is 4.90 Å². The van der Waals surface area contributed by atoms with Crippen LogP contribution in [-0.2, 0) is 4.74 Å². The number of morpholine rings is 1. The number of aliphatic hydroxyl groups excluding tert-OH is 1. The normalized spacial score (nSPS) is 23.6. The number of hydrogen-bond donors (Lipinski definition) is 1. The summed E-state index contributed by atoms with van der Waals surface area (Å²) in [6.07, 6.45) is -0.455. The Labute approximate surface area is 109 Å². The van der Waals surface area contributed by atoms with E-state index >= 15 is 0 Å². The third kappa shape index (κ3) is 2.74. The minimum atomic E-state index is -0.455. The van der Waals surface area contributed by atoms with Gasteiger partial charge in [0.15, 0.2) is 0 Å². The zero-order valence-electron chi connectivity index (χ0n) is 11.5. The maximum Gasteiger partial charge on any atom is 0.0942 e. The molecule has 1 aliphatic rings. The molecule has 0 aromatic heterocycles. The molecular formula is C15H23NO2. The molecule has 0 radical (unpaired) electrons. The van der Waals surface area contributed by atoms with Gasteiger partial charge in [0.25, 0.3) is 0 Å². The van der Waals surface area contributed by atoms with E-state index in [-0.39, 0.29) is 11.6 Å². The minimum absolute atomic E-state index is 0.0204. The number of hydrogen-bond acceptors (Lipinski definition) is 3. The Hall–Kier alpha value is -0.900. The predicted octanol–water partition coefficient (Wildman–Crippen LogP) is 2.22. The number of rotatable bonds is 3. The fourth-order valence-electron chi connectivity index (χ4n) is 2.72. The Balaban J connectivity index is 2.13. The smallest absolute Gasteiger partial charge is 0.0942 e. The van der Waals surface area contributed by atoms with Gasteiger partial charge in [0, 0.05) is 18.1 Å². The molecule has 0 aliphatic carbocycles. The first-order valence-corrected chi connectivity index (χ1v) is 6.60. The first-order chi connectivity index (χ1) is 8.52. The standard InChI is InChI=1S/C15H23NO2/c1-12(14(17)13-7-5-4-6-8-13)16-9-10-18-11-15(16,2)3/h4-8,12,14,17H,9-11H2,1-3H3. The van der Waals surface area contributed by atoms with Gasteiger partial charge in [0.2, 0.25) is 0 Å². The van der Waals surface area contributed by atoms with E-state index in [1.54, 1.807) is 0 Å². The van der Waals surface area contributed by atoms with Crippen molar-refractivity contribution in [1.29, 1.82) is 0 Å². The number of benzene rings is 1. The quantitative estimate of drug-likeness (QED) is 0.891. The van der Waals surface area contributed by atoms with Gasteiger partial charge in [-0.25, -0.2) is 0 Å². The molecule has 18 heavy (non-hydrogen) atoms. The second-order valence-electron chi connectivity index (χ2n) is 5.65. The summed E-state index contributed by atoms with van der Waals surface area (Å²) in [5.74, 6) is 0. The van der Waals surface area contributed by atoms with Crippen LogP contribution in [0, 0.1) is 0 Å². The largest absolute Gasteiger partial charge is 0.387 e. The monoisotopic (exact) mass is 249 g/mol. The maximum absolute atomic E-state index is 10.5. The molecule has 2 unspecified atom stereocenters. The van der Waals surface area contributed by atoms with E-state index in [2.05, 4.69) is 25.7 Å². The van der Waals surface area contributed by atoms with Gasteiger partial charge < -0.3 is 9.84 Å². The fourth-order valence-corrected chi connectivity index (χ4v) is 2.72. The zero-order chi connectivity index (χ0) is 13.2. The molecule has 0 saturated carbocycles. The first-order valence-electron chi connectivity index (χ1n) is 6.60. The maximum atomic E-state index is 10.5. The first kappa shape index (κ1) is 13.5. The lowest BCUT2D eigenvalue weighted by Crippen LogP contribution is -2.57. The lowest BCUT2D eigenvalue weighted by Gasteiger charge is -2.46. The van der Waals surface area contributed by atoms with Crippen LogP contribution in [0.3, 0.4) is 0 Å². The lowest BCUT2D eigenvalue weighted by atomic mass is 9.95. The molecule has 1 fully saturated rings. The molecule has 1 saturated heterocycles. The molecule has 3 nitrogen and oxygen atoms in total. The summed E-state index contributed by atoms with van der Waals surface area (Å²) >= 11 is 0. The van der Waals surface area contributed by atoms with E-state index in [4.69, 9.17) is 4.74 Å². The number of ether oxygens (including phenoxy) is 1. The van der Waals surface area contributed by atoms with Gasteiger partial charge in [-0.3, -0.25) is 4.90 Å². The van der Waals surface area contributed by atoms with E-state index < -0.39 is 6.10 Å². The van der Waals surface area contributed by atoms with Crippen LogP contribution in [0.15, 0.2) is 30.3 Å². The average molecular weight is 249 g/mol. The van der Waals surface area contributed by atoms with Crippen molar-refractivity contribution in [2.45, 2.75) is 38.5 Å². The van der Waals surface area contributed by atoms with Crippen LogP contribution in [0.1, 0.15) is 32.4 Å². The highest BCUT2D eigenvalue weighted by Crippen LogP contribution is 2.28. The van der Waals surface area contributed by atoms with Crippen LogP contribution in [0.2, 0.25) is 0 Å². The van der Waals surface area contributed by atoms with Crippen LogP contribution in [-0.4, -0.2) is 41.3 Å². The van der Waals surface area contributed by atoms with E-state index in [0.29, 0.717) is 0 Å². The second-order valence-corrected chi connectivity index (χ2v) is 5.65. The van der Waals surface area contributed by atoms with Crippen LogP contribution < -0.4 is 0 Å². The Morgan fingerprint density at radius 2 is 1.94 bits per heavy atom. The number of aliphatic hydroxyl groups is 1. The molecule has 2 rings (SSSR count). The van der Waals surface area contributed by atoms with E-state index in [1.165, 1.54) is 0 Å². The molecule has 2 atom stereocenters. The average Bonchev–Trinajstić information content (AvgIpc) is 2.37. The predicted molar refractivity (Wildman–Crippen MR) is 72.5 cm³/mol. The summed E-state index contributed by atoms with van der Waals surface area (Å²) in [5, 5.41) is 10.5. The summed E-state index contributed by atoms with van der Waals surface area (Å²) in [6, 6.07) is 9.96. The Kier molecular flexibility index (Phi) is 4.05. The molecule has 3 heteroatoms. The number of nitrogens with zero attached hydrogens (tertiary/aromatic N) is 1. The molecule has 0 spiro atoms. The van der Waals surface area contributed by atoms with Crippen molar-refractivity contribution in [3.63, 3.8) is 0 Å². The van der Waals surface area contributed by atoms with E-state index in [0.717, 1.165) is 25.3 Å². The van der Waals surface area contributed by atoms with Gasteiger partial charge in [-0.05, 0) is 26.3 Å². The second kappa shape index (κ2) is 5.39. The fraction of sp³-hybridized carbons (Fsp3) is 0.600. The van der Waals surface area contributed by atoms with Crippen LogP contribution in [0.5, 0.6) is 0 Å². The molecule has 1 aromatic rings. The highest BCUT2D eigenvalue weighted by atomic mass is 16.5. The van der Waals surface area contributed by atoms with E-state index in [1.807, 2.05) is 30.3 Å². The van der Waals surface area contributed by atoms with Gasteiger partial charge in [-0.15, -0.1) is 0 Å². The van der Waals surface area contributed by atoms with Crippen LogP contribution in [0.25, 0.3) is 0 Å². The van der Waals surface area contributed by atoms with Crippen molar-refractivity contribution in [3.05, 3.63) is 35.9 Å². The summed E-state index contributed by atoms with van der Waals surface area (Å²) in [7, 11) is 0. The molecule has 1 heterocycles. The summed E-state index contributed by atoms with van der Waals surface area (Å²) in [4.78, 5) is 2.34. The Morgan fingerprint density at radius 1 is 1.28 bits per heavy atom. The zero-order valence-corrected chi connectivity index (χ0v) is 11.5. The van der Waals surface area contributed by atoms with Crippen molar-refractivity contribution < 1.29 is 9.84 Å². The molecule has 1 aliphatic heterocycles. The summed E-state index contributed by atoms with van der Waals surface area (Å²) < 4.78 is 5.53. The lowest BCUT2D eigenvalue weighted by molar-refractivity contribution is -0.0925. The molecule has 1 N–H and O–H groups in total. The van der Waals surface area contributed by atoms with Crippen molar-refractivity contribution >= 4 is 0 Å². The molecule has 0 bridgehead atoms. The van der Waals surface area contributed by atoms with Gasteiger partial charge in [0.05, 0.1) is 19.3 Å². The molecule has 100 valence electrons. The highest BCUT2D eigenvalue weighted by molar-refractivity contribution is 5.19. The molecule has 1 aromatic carbocycles. The SMILES string of the molecule is CC(C(O)c1ccccc1)N1CCOCC1(C)C. The van der Waals surface area contributed by atoms with Gasteiger partial charge in [-0.2, -0.15) is 0 Å². The van der Waals surface area contributed by atoms with Crippen molar-refractivity contribution in [2.24, 2.45) is 0 Å². The summed E-state index contributed by atoms with van der Waals surface area (Å²) in [6.45, 7) is 8.76. The summed E-state index contributed by atoms with van der Waals surface area (Å²) in [5.41, 5.74) is 0.959. The van der Waals surface area contributed by atoms with Gasteiger partial charge in [-0.1, -0.05) is 30.3 Å². The Bertz CT molecular complexity index is 377. The van der Waals surface area contributed by atoms with Crippen molar-refractivity contribution in [3.8, 4) is 0 Å². The van der Waals surface area contributed by atoms with Crippen LogP contribution >= 0.6 is 0 Å². The van der Waals surface area contributed by atoms with E-state index in [9.17, 15) is 5.11 Å². The van der Waals surface area contributed by atoms with Gasteiger partial charge in [0.1, 0.15) is 0 Å². The third-order valence-electron chi connectivity index (χ3n) is 3.80.